The van der Waals surface area contributed by atoms with Crippen LogP contribution in [0.15, 0.2) is 65.8 Å². The molecular formula is C44H57N3O19P-. The van der Waals surface area contributed by atoms with Crippen molar-refractivity contribution in [3.8, 4) is 0 Å². The van der Waals surface area contributed by atoms with Crippen molar-refractivity contribution in [3.05, 3.63) is 82.2 Å². The molecule has 1 unspecified atom stereocenters. The monoisotopic (exact) mass is 962 g/mol. The van der Waals surface area contributed by atoms with Gasteiger partial charge in [0.05, 0.1) is 17.7 Å². The average Bonchev–Trinajstić information content (AvgIpc) is 3.28. The summed E-state index contributed by atoms with van der Waals surface area (Å²) < 4.78 is 76.0. The highest BCUT2D eigenvalue weighted by Gasteiger charge is 2.57. The van der Waals surface area contributed by atoms with Crippen molar-refractivity contribution < 1.29 is 89.9 Å². The van der Waals surface area contributed by atoms with E-state index < -0.39 is 118 Å². The summed E-state index contributed by atoms with van der Waals surface area (Å²) in [6, 6.07) is 13.2. The molecule has 2 fully saturated rings. The van der Waals surface area contributed by atoms with E-state index in [1.54, 1.807) is 24.3 Å². The lowest BCUT2D eigenvalue weighted by Gasteiger charge is -2.48. The second-order valence-electron chi connectivity index (χ2n) is 15.5. The van der Waals surface area contributed by atoms with Crippen LogP contribution >= 0.6 is 7.82 Å². The predicted molar refractivity (Wildman–Crippen MR) is 228 cm³/mol. The summed E-state index contributed by atoms with van der Waals surface area (Å²) >= 11 is 0. The van der Waals surface area contributed by atoms with Crippen molar-refractivity contribution in [2.45, 2.75) is 147 Å². The number of ether oxygens (including phenoxy) is 9. The summed E-state index contributed by atoms with van der Waals surface area (Å²) in [5, 5.41) is 3.72. The lowest BCUT2D eigenvalue weighted by molar-refractivity contribution is -0.347. The predicted octanol–water partition coefficient (Wildman–Crippen LogP) is 5.58. The first-order chi connectivity index (χ1) is 32.0. The van der Waals surface area contributed by atoms with Crippen LogP contribution in [0.4, 0.5) is 0 Å². The molecule has 2 aromatic rings. The van der Waals surface area contributed by atoms with Gasteiger partial charge in [-0.2, -0.15) is 0 Å². The molecule has 0 aromatic heterocycles. The Labute approximate surface area is 387 Å². The number of esters is 6. The minimum absolute atomic E-state index is 0.0348. The molecule has 2 aromatic carbocycles. The Hall–Kier alpha value is -5.44. The van der Waals surface area contributed by atoms with Crippen LogP contribution in [0.3, 0.4) is 0 Å². The fourth-order valence-electron chi connectivity index (χ4n) is 7.20. The molecule has 2 aliphatic heterocycles. The lowest BCUT2D eigenvalue weighted by atomic mass is 9.95. The van der Waals surface area contributed by atoms with Gasteiger partial charge in [0.25, 0.3) is 7.82 Å². The van der Waals surface area contributed by atoms with Gasteiger partial charge in [0.1, 0.15) is 43.7 Å². The Morgan fingerprint density at radius 3 is 1.70 bits per heavy atom. The molecule has 23 heteroatoms. The molecule has 0 radical (unpaired) electrons. The van der Waals surface area contributed by atoms with Gasteiger partial charge in [0.2, 0.25) is 0 Å². The number of phosphoric acid groups is 1. The van der Waals surface area contributed by atoms with E-state index in [2.05, 4.69) is 16.9 Å². The number of hydrogen-bond donors (Lipinski definition) is 0. The number of nitrogens with zero attached hydrogens (tertiary/aromatic N) is 3. The summed E-state index contributed by atoms with van der Waals surface area (Å²) in [5.74, 6) is -5.61. The van der Waals surface area contributed by atoms with Gasteiger partial charge < -0.3 is 52.0 Å². The molecule has 0 saturated carbocycles. The van der Waals surface area contributed by atoms with Crippen molar-refractivity contribution in [3.63, 3.8) is 0 Å². The summed E-state index contributed by atoms with van der Waals surface area (Å²) in [7, 11) is -5.33. The first-order valence-electron chi connectivity index (χ1n) is 21.8. The van der Waals surface area contributed by atoms with Crippen LogP contribution in [0, 0.1) is 0 Å². The summed E-state index contributed by atoms with van der Waals surface area (Å²) in [5.41, 5.74) is 9.92. The average molecular weight is 963 g/mol. The Morgan fingerprint density at radius 1 is 0.627 bits per heavy atom. The van der Waals surface area contributed by atoms with Gasteiger partial charge in [-0.05, 0) is 36.2 Å². The van der Waals surface area contributed by atoms with E-state index in [0.29, 0.717) is 12.8 Å². The highest BCUT2D eigenvalue weighted by molar-refractivity contribution is 7.45. The SMILES string of the molecule is CCCCCCCCCCOP(=O)([O-])O[C@H]1O[C@H](COC(=O)c2ccccc2)[C@@H](O[C@@H]2O[C@H](COC(C)=O)[C@H](OC(C)=O)[C@H](OC(C)=O)[C@H]2OC(C)=O)[C@H](OC(=O)c2ccccc2)[C@@H]1N=[N+]=[N-]. The maximum atomic E-state index is 13.9. The molecule has 4 rings (SSSR count). The van der Waals surface area contributed by atoms with Crippen molar-refractivity contribution in [2.75, 3.05) is 19.8 Å². The van der Waals surface area contributed by atoms with E-state index in [-0.39, 0.29) is 17.7 Å². The van der Waals surface area contributed by atoms with Gasteiger partial charge in [-0.3, -0.25) is 28.3 Å². The third-order valence-corrected chi connectivity index (χ3v) is 11.1. The fourth-order valence-corrected chi connectivity index (χ4v) is 8.04. The van der Waals surface area contributed by atoms with Crippen LogP contribution in [0.25, 0.3) is 10.4 Å². The van der Waals surface area contributed by atoms with E-state index >= 15 is 0 Å². The fraction of sp³-hybridized carbons (Fsp3) is 0.591. The topological polar surface area (TPSA) is 293 Å². The Balaban J connectivity index is 1.80. The zero-order chi connectivity index (χ0) is 48.9. The molecule has 0 aliphatic carbocycles. The third-order valence-electron chi connectivity index (χ3n) is 10.2. The standard InChI is InChI=1S/C44H58N3O19P/c1-6-7-8-9-10-11-12-19-24-58-67(54,55)66-43-35(46-47-45)38(64-42(53)32-22-17-14-18-23-32)36(34(62-43)26-57-41(52)31-20-15-13-16-21-31)65-44-40(61-30(5)51)39(60-29(4)50)37(59-28(3)49)33(63-44)25-56-27(2)48/h13-18,20-23,33-40,43-44H,6-12,19,24-26H2,1-5H3,(H,54,55)/p-1/t33-,34-,35+,36-,37+,38-,39+,40-,43-,44+/m1/s1. The van der Waals surface area contributed by atoms with Crippen molar-refractivity contribution in [2.24, 2.45) is 5.11 Å². The second kappa shape index (κ2) is 27.4. The number of hydrogen-bond acceptors (Lipinski definition) is 20. The van der Waals surface area contributed by atoms with E-state index in [0.717, 1.165) is 66.2 Å². The minimum atomic E-state index is -5.33. The van der Waals surface area contributed by atoms with Crippen LogP contribution in [0.2, 0.25) is 0 Å². The zero-order valence-corrected chi connectivity index (χ0v) is 38.8. The van der Waals surface area contributed by atoms with E-state index in [1.807, 2.05) is 0 Å². The van der Waals surface area contributed by atoms with Crippen LogP contribution in [0.5, 0.6) is 0 Å². The smallest absolute Gasteiger partial charge is 0.338 e. The molecule has 11 atom stereocenters. The zero-order valence-electron chi connectivity index (χ0n) is 37.9. The van der Waals surface area contributed by atoms with E-state index in [1.165, 1.54) is 36.4 Å². The highest BCUT2D eigenvalue weighted by atomic mass is 31.2. The Morgan fingerprint density at radius 2 is 1.13 bits per heavy atom. The summed E-state index contributed by atoms with van der Waals surface area (Å²) in [6.07, 6.45) is -9.13. The van der Waals surface area contributed by atoms with Gasteiger partial charge >= 0.3 is 35.8 Å². The number of azide groups is 1. The van der Waals surface area contributed by atoms with Crippen molar-refractivity contribution in [1.29, 1.82) is 0 Å². The number of phosphoric ester groups is 1. The molecule has 0 N–H and O–H groups in total. The highest BCUT2D eigenvalue weighted by Crippen LogP contribution is 2.45. The maximum Gasteiger partial charge on any atom is 0.338 e. The van der Waals surface area contributed by atoms with Gasteiger partial charge in [0, 0.05) is 32.6 Å². The lowest BCUT2D eigenvalue weighted by Crippen LogP contribution is -2.66. The molecular weight excluding hydrogens is 905 g/mol. The Kier molecular flexibility index (Phi) is 22.1. The molecule has 2 heterocycles. The van der Waals surface area contributed by atoms with Crippen LogP contribution < -0.4 is 4.89 Å². The van der Waals surface area contributed by atoms with Crippen molar-refractivity contribution >= 4 is 43.6 Å². The minimum Gasteiger partial charge on any atom is -0.756 e. The maximum absolute atomic E-state index is 13.9. The van der Waals surface area contributed by atoms with Crippen LogP contribution in [-0.2, 0) is 75.4 Å². The molecule has 67 heavy (non-hydrogen) atoms. The van der Waals surface area contributed by atoms with Gasteiger partial charge in [-0.25, -0.2) is 9.59 Å². The third kappa shape index (κ3) is 17.6. The quantitative estimate of drug-likeness (QED) is 0.0223. The number of unbranched alkanes of at least 4 members (excludes halogenated alkanes) is 7. The Bertz CT molecular complexity index is 2040. The van der Waals surface area contributed by atoms with Crippen molar-refractivity contribution in [1.82, 2.24) is 0 Å². The second-order valence-corrected chi connectivity index (χ2v) is 16.8. The molecule has 0 amide bonds. The molecule has 0 bridgehead atoms. The van der Waals surface area contributed by atoms with Gasteiger partial charge in [0.15, 0.2) is 30.9 Å². The first-order valence-corrected chi connectivity index (χ1v) is 23.3. The summed E-state index contributed by atoms with van der Waals surface area (Å²) in [4.78, 5) is 93.2. The summed E-state index contributed by atoms with van der Waals surface area (Å²) in [6.45, 7) is 4.48. The molecule has 2 aliphatic rings. The van der Waals surface area contributed by atoms with Gasteiger partial charge in [-0.1, -0.05) is 93.4 Å². The number of benzene rings is 2. The number of rotatable bonds is 25. The van der Waals surface area contributed by atoms with Gasteiger partial charge in [-0.15, -0.1) is 0 Å². The molecule has 0 spiro atoms. The van der Waals surface area contributed by atoms with Crippen LogP contribution in [0.1, 0.15) is 107 Å². The van der Waals surface area contributed by atoms with E-state index in [4.69, 9.17) is 51.7 Å². The number of carbonyl (C=O) groups excluding carboxylic acids is 6. The van der Waals surface area contributed by atoms with Crippen LogP contribution in [-0.4, -0.2) is 117 Å². The van der Waals surface area contributed by atoms with E-state index in [9.17, 15) is 43.8 Å². The molecule has 22 nitrogen and oxygen atoms in total. The molecule has 368 valence electrons. The largest absolute Gasteiger partial charge is 0.756 e. The normalized spacial score (nSPS) is 25.5. The molecule has 2 saturated heterocycles. The number of carbonyl (C=O) groups is 6. The first kappa shape index (κ1) is 54.2.